The highest BCUT2D eigenvalue weighted by molar-refractivity contribution is 6.42. The van der Waals surface area contributed by atoms with Gasteiger partial charge in [-0.3, -0.25) is 0 Å². The van der Waals surface area contributed by atoms with Crippen LogP contribution in [0.1, 0.15) is 12.8 Å². The van der Waals surface area contributed by atoms with Crippen molar-refractivity contribution in [3.05, 3.63) is 40.5 Å². The lowest BCUT2D eigenvalue weighted by atomic mass is 10.1. The van der Waals surface area contributed by atoms with Crippen LogP contribution in [0, 0.1) is 0 Å². The molecule has 4 rings (SSSR count). The third-order valence-electron chi connectivity index (χ3n) is 4.13. The number of rotatable bonds is 4. The minimum Gasteiger partial charge on any atom is -0.413 e. The maximum atomic E-state index is 6.04. The van der Waals surface area contributed by atoms with Gasteiger partial charge in [0.05, 0.1) is 10.0 Å². The van der Waals surface area contributed by atoms with E-state index in [0.717, 1.165) is 31.7 Å². The quantitative estimate of drug-likeness (QED) is 0.702. The first-order valence-corrected chi connectivity index (χ1v) is 9.04. The van der Waals surface area contributed by atoms with E-state index in [1.807, 2.05) is 6.07 Å². The number of hydrogen-bond donors (Lipinski definition) is 2. The minimum absolute atomic E-state index is 0.250. The molecule has 26 heavy (non-hydrogen) atoms. The first-order chi connectivity index (χ1) is 12.7. The zero-order valence-electron chi connectivity index (χ0n) is 13.7. The van der Waals surface area contributed by atoms with Crippen LogP contribution in [0.15, 0.2) is 34.9 Å². The van der Waals surface area contributed by atoms with Crippen molar-refractivity contribution < 1.29 is 4.42 Å². The lowest BCUT2D eigenvalue weighted by molar-refractivity contribution is 0.478. The number of benzene rings is 1. The van der Waals surface area contributed by atoms with E-state index < -0.39 is 0 Å². The van der Waals surface area contributed by atoms with Crippen molar-refractivity contribution in [3.63, 3.8) is 0 Å². The molecular formula is C17H16Cl2N6O. The van der Waals surface area contributed by atoms with Gasteiger partial charge in [-0.05, 0) is 50.2 Å². The van der Waals surface area contributed by atoms with Gasteiger partial charge in [0, 0.05) is 17.8 Å². The van der Waals surface area contributed by atoms with Gasteiger partial charge in [-0.25, -0.2) is 9.97 Å². The summed E-state index contributed by atoms with van der Waals surface area (Å²) in [5, 5.41) is 15.8. The molecule has 0 aliphatic carbocycles. The summed E-state index contributed by atoms with van der Waals surface area (Å²) in [6, 6.07) is 7.36. The van der Waals surface area contributed by atoms with Crippen molar-refractivity contribution in [1.29, 1.82) is 0 Å². The Balaban J connectivity index is 1.55. The molecule has 9 heteroatoms. The van der Waals surface area contributed by atoms with Crippen molar-refractivity contribution in [2.24, 2.45) is 0 Å². The highest BCUT2D eigenvalue weighted by atomic mass is 35.5. The van der Waals surface area contributed by atoms with Crippen molar-refractivity contribution in [1.82, 2.24) is 25.5 Å². The van der Waals surface area contributed by atoms with Gasteiger partial charge in [0.2, 0.25) is 11.7 Å². The van der Waals surface area contributed by atoms with Gasteiger partial charge in [0.25, 0.3) is 5.89 Å². The molecule has 0 radical (unpaired) electrons. The summed E-state index contributed by atoms with van der Waals surface area (Å²) in [6.07, 6.45) is 3.79. The number of piperidine rings is 1. The number of halogens is 2. The van der Waals surface area contributed by atoms with E-state index in [4.69, 9.17) is 27.6 Å². The average molecular weight is 391 g/mol. The average Bonchev–Trinajstić information content (AvgIpc) is 3.15. The number of aromatic nitrogens is 4. The number of hydrogen-bond acceptors (Lipinski definition) is 7. The van der Waals surface area contributed by atoms with E-state index in [2.05, 4.69) is 30.8 Å². The molecule has 1 saturated heterocycles. The van der Waals surface area contributed by atoms with Crippen LogP contribution in [0.3, 0.4) is 0 Å². The molecular weight excluding hydrogens is 375 g/mol. The van der Waals surface area contributed by atoms with Crippen LogP contribution in [0.2, 0.25) is 10.0 Å². The highest BCUT2D eigenvalue weighted by Crippen LogP contribution is 2.29. The molecule has 7 nitrogen and oxygen atoms in total. The third-order valence-corrected chi connectivity index (χ3v) is 4.87. The highest BCUT2D eigenvalue weighted by Gasteiger charge is 2.16. The van der Waals surface area contributed by atoms with Crippen LogP contribution < -0.4 is 10.6 Å². The fourth-order valence-electron chi connectivity index (χ4n) is 2.78. The summed E-state index contributed by atoms with van der Waals surface area (Å²) in [7, 11) is 0. The fraction of sp³-hybridized carbons (Fsp3) is 0.294. The Morgan fingerprint density at radius 2 is 1.85 bits per heavy atom. The SMILES string of the molecule is Clc1ccc(-c2nnc(-c3nccc(NC4CCNCC4)n3)o2)cc1Cl. The van der Waals surface area contributed by atoms with Crippen molar-refractivity contribution in [3.8, 4) is 23.2 Å². The summed E-state index contributed by atoms with van der Waals surface area (Å²) < 4.78 is 5.71. The van der Waals surface area contributed by atoms with Crippen LogP contribution in [0.5, 0.6) is 0 Å². The van der Waals surface area contributed by atoms with Crippen LogP contribution in [-0.2, 0) is 0 Å². The van der Waals surface area contributed by atoms with Gasteiger partial charge in [-0.15, -0.1) is 10.2 Å². The summed E-state index contributed by atoms with van der Waals surface area (Å²) in [6.45, 7) is 2.01. The normalized spacial score (nSPS) is 15.2. The summed E-state index contributed by atoms with van der Waals surface area (Å²) >= 11 is 12.0. The zero-order valence-corrected chi connectivity index (χ0v) is 15.3. The van der Waals surface area contributed by atoms with E-state index in [0.29, 0.717) is 33.4 Å². The molecule has 0 atom stereocenters. The maximum Gasteiger partial charge on any atom is 0.286 e. The van der Waals surface area contributed by atoms with E-state index in [-0.39, 0.29) is 5.89 Å². The van der Waals surface area contributed by atoms with E-state index in [1.54, 1.807) is 24.4 Å². The molecule has 3 heterocycles. The van der Waals surface area contributed by atoms with Gasteiger partial charge in [-0.2, -0.15) is 0 Å². The molecule has 2 N–H and O–H groups in total. The van der Waals surface area contributed by atoms with Gasteiger partial charge in [0.1, 0.15) is 5.82 Å². The number of anilines is 1. The molecule has 0 spiro atoms. The standard InChI is InChI=1S/C17H16Cl2N6O/c18-12-2-1-10(9-13(12)19)16-24-25-17(26-16)15-21-8-5-14(23-15)22-11-3-6-20-7-4-11/h1-2,5,8-9,11,20H,3-4,6-7H2,(H,21,22,23). The lowest BCUT2D eigenvalue weighted by Crippen LogP contribution is -2.35. The summed E-state index contributed by atoms with van der Waals surface area (Å²) in [5.74, 6) is 1.71. The predicted molar refractivity (Wildman–Crippen MR) is 100 cm³/mol. The van der Waals surface area contributed by atoms with Crippen molar-refractivity contribution in [2.75, 3.05) is 18.4 Å². The van der Waals surface area contributed by atoms with Crippen LogP contribution in [-0.4, -0.2) is 39.3 Å². The van der Waals surface area contributed by atoms with Crippen molar-refractivity contribution in [2.45, 2.75) is 18.9 Å². The molecule has 0 bridgehead atoms. The molecule has 0 unspecified atom stereocenters. The molecule has 1 aliphatic rings. The van der Waals surface area contributed by atoms with E-state index in [1.165, 1.54) is 0 Å². The maximum absolute atomic E-state index is 6.04. The van der Waals surface area contributed by atoms with Crippen LogP contribution in [0.25, 0.3) is 23.2 Å². The molecule has 3 aromatic rings. The van der Waals surface area contributed by atoms with Gasteiger partial charge >= 0.3 is 0 Å². The molecule has 134 valence electrons. The Morgan fingerprint density at radius 1 is 1.04 bits per heavy atom. The second-order valence-electron chi connectivity index (χ2n) is 5.98. The van der Waals surface area contributed by atoms with Gasteiger partial charge < -0.3 is 15.1 Å². The van der Waals surface area contributed by atoms with Crippen LogP contribution in [0.4, 0.5) is 5.82 Å². The van der Waals surface area contributed by atoms with Crippen molar-refractivity contribution >= 4 is 29.0 Å². The molecule has 1 fully saturated rings. The fourth-order valence-corrected chi connectivity index (χ4v) is 3.08. The predicted octanol–water partition coefficient (Wildman–Crippen LogP) is 3.66. The third kappa shape index (κ3) is 3.80. The zero-order chi connectivity index (χ0) is 17.9. The molecule has 0 saturated carbocycles. The second kappa shape index (κ2) is 7.57. The lowest BCUT2D eigenvalue weighted by Gasteiger charge is -2.24. The van der Waals surface area contributed by atoms with Gasteiger partial charge in [-0.1, -0.05) is 23.2 Å². The Bertz CT molecular complexity index is 910. The Kier molecular flexibility index (Phi) is 5.01. The molecule has 1 aliphatic heterocycles. The number of nitrogens with zero attached hydrogens (tertiary/aromatic N) is 4. The van der Waals surface area contributed by atoms with E-state index in [9.17, 15) is 0 Å². The van der Waals surface area contributed by atoms with E-state index >= 15 is 0 Å². The molecule has 2 aromatic heterocycles. The molecule has 1 aromatic carbocycles. The Labute approximate surface area is 160 Å². The summed E-state index contributed by atoms with van der Waals surface area (Å²) in [5.41, 5.74) is 0.683. The Morgan fingerprint density at radius 3 is 2.65 bits per heavy atom. The first-order valence-electron chi connectivity index (χ1n) is 8.28. The molecule has 0 amide bonds. The Hall–Kier alpha value is -2.22. The smallest absolute Gasteiger partial charge is 0.286 e. The largest absolute Gasteiger partial charge is 0.413 e. The number of nitrogens with one attached hydrogen (secondary N) is 2. The van der Waals surface area contributed by atoms with Crippen LogP contribution >= 0.6 is 23.2 Å². The topological polar surface area (TPSA) is 88.8 Å². The van der Waals surface area contributed by atoms with Gasteiger partial charge in [0.15, 0.2) is 0 Å². The summed E-state index contributed by atoms with van der Waals surface area (Å²) in [4.78, 5) is 8.72. The first kappa shape index (κ1) is 17.2. The minimum atomic E-state index is 0.250. The second-order valence-corrected chi connectivity index (χ2v) is 6.79. The monoisotopic (exact) mass is 390 g/mol.